The number of hydrogen-bond donors (Lipinski definition) is 1. The summed E-state index contributed by atoms with van der Waals surface area (Å²) in [6.07, 6.45) is 6.69. The first-order valence-electron chi connectivity index (χ1n) is 7.12. The summed E-state index contributed by atoms with van der Waals surface area (Å²) < 4.78 is 2.08. The molecule has 0 radical (unpaired) electrons. The van der Waals surface area contributed by atoms with Gasteiger partial charge in [0, 0.05) is 25.8 Å². The van der Waals surface area contributed by atoms with Crippen LogP contribution in [0, 0.1) is 11.8 Å². The molecule has 0 amide bonds. The van der Waals surface area contributed by atoms with Crippen LogP contribution in [0.25, 0.3) is 0 Å². The zero-order chi connectivity index (χ0) is 13.0. The third-order valence-corrected chi connectivity index (χ3v) is 4.03. The SMILES string of the molecule is CC(C)C1CCN(Cc2cn(CCN)cn2)CC1. The second-order valence-corrected chi connectivity index (χ2v) is 5.75. The summed E-state index contributed by atoms with van der Waals surface area (Å²) in [7, 11) is 0. The Bertz CT molecular complexity index is 350. The van der Waals surface area contributed by atoms with Gasteiger partial charge in [0.2, 0.25) is 0 Å². The molecule has 0 unspecified atom stereocenters. The van der Waals surface area contributed by atoms with Crippen LogP contribution in [0.2, 0.25) is 0 Å². The average molecular weight is 250 g/mol. The van der Waals surface area contributed by atoms with Gasteiger partial charge in [-0.15, -0.1) is 0 Å². The highest BCUT2D eigenvalue weighted by atomic mass is 15.1. The summed E-state index contributed by atoms with van der Waals surface area (Å²) in [5.74, 6) is 1.74. The Balaban J connectivity index is 1.80. The highest BCUT2D eigenvalue weighted by Gasteiger charge is 2.21. The Hall–Kier alpha value is -0.870. The molecular weight excluding hydrogens is 224 g/mol. The van der Waals surface area contributed by atoms with Crippen LogP contribution in [0.4, 0.5) is 0 Å². The van der Waals surface area contributed by atoms with Crippen molar-refractivity contribution < 1.29 is 0 Å². The molecule has 18 heavy (non-hydrogen) atoms. The molecule has 1 aliphatic rings. The monoisotopic (exact) mass is 250 g/mol. The third kappa shape index (κ3) is 3.56. The molecule has 2 heterocycles. The van der Waals surface area contributed by atoms with E-state index in [0.717, 1.165) is 24.9 Å². The van der Waals surface area contributed by atoms with Crippen LogP contribution in [-0.2, 0) is 13.1 Å². The van der Waals surface area contributed by atoms with Gasteiger partial charge in [0.05, 0.1) is 12.0 Å². The van der Waals surface area contributed by atoms with Gasteiger partial charge in [-0.3, -0.25) is 4.90 Å². The maximum atomic E-state index is 5.54. The number of nitrogens with zero attached hydrogens (tertiary/aromatic N) is 3. The van der Waals surface area contributed by atoms with Crippen molar-refractivity contribution in [3.63, 3.8) is 0 Å². The van der Waals surface area contributed by atoms with Crippen molar-refractivity contribution in [2.75, 3.05) is 19.6 Å². The van der Waals surface area contributed by atoms with Gasteiger partial charge < -0.3 is 10.3 Å². The van der Waals surface area contributed by atoms with Crippen LogP contribution in [-0.4, -0.2) is 34.1 Å². The van der Waals surface area contributed by atoms with Crippen molar-refractivity contribution >= 4 is 0 Å². The summed E-state index contributed by atoms with van der Waals surface area (Å²) in [6.45, 7) is 9.64. The fourth-order valence-corrected chi connectivity index (χ4v) is 2.77. The van der Waals surface area contributed by atoms with E-state index in [1.54, 1.807) is 0 Å². The molecule has 0 atom stereocenters. The first-order valence-corrected chi connectivity index (χ1v) is 7.12. The molecule has 1 aromatic rings. The molecule has 0 aliphatic carbocycles. The van der Waals surface area contributed by atoms with Crippen molar-refractivity contribution in [2.45, 2.75) is 39.8 Å². The first-order chi connectivity index (χ1) is 8.69. The minimum atomic E-state index is 0.676. The zero-order valence-electron chi connectivity index (χ0n) is 11.7. The molecule has 102 valence electrons. The van der Waals surface area contributed by atoms with E-state index in [-0.39, 0.29) is 0 Å². The van der Waals surface area contributed by atoms with E-state index in [1.807, 2.05) is 6.33 Å². The van der Waals surface area contributed by atoms with Gasteiger partial charge in [-0.25, -0.2) is 4.98 Å². The number of aromatic nitrogens is 2. The van der Waals surface area contributed by atoms with E-state index < -0.39 is 0 Å². The van der Waals surface area contributed by atoms with E-state index >= 15 is 0 Å². The maximum Gasteiger partial charge on any atom is 0.0950 e. The van der Waals surface area contributed by atoms with E-state index in [9.17, 15) is 0 Å². The smallest absolute Gasteiger partial charge is 0.0950 e. The standard InChI is InChI=1S/C14H26N4/c1-12(2)13-3-6-17(7-4-13)9-14-10-18(8-5-15)11-16-14/h10-13H,3-9,15H2,1-2H3. The second-order valence-electron chi connectivity index (χ2n) is 5.75. The number of piperidine rings is 1. The summed E-state index contributed by atoms with van der Waals surface area (Å²) in [4.78, 5) is 6.97. The van der Waals surface area contributed by atoms with Crippen molar-refractivity contribution in [3.05, 3.63) is 18.2 Å². The van der Waals surface area contributed by atoms with Crippen LogP contribution in [0.15, 0.2) is 12.5 Å². The van der Waals surface area contributed by atoms with Gasteiger partial charge in [-0.05, 0) is 37.8 Å². The van der Waals surface area contributed by atoms with Crippen molar-refractivity contribution in [1.29, 1.82) is 0 Å². The predicted octanol–water partition coefficient (Wildman–Crippen LogP) is 1.71. The van der Waals surface area contributed by atoms with Crippen LogP contribution < -0.4 is 5.73 Å². The fraction of sp³-hybridized carbons (Fsp3) is 0.786. The van der Waals surface area contributed by atoms with Gasteiger partial charge in [0.25, 0.3) is 0 Å². The quantitative estimate of drug-likeness (QED) is 0.865. The lowest BCUT2D eigenvalue weighted by Gasteiger charge is -2.33. The maximum absolute atomic E-state index is 5.54. The molecule has 1 aliphatic heterocycles. The number of hydrogen-bond acceptors (Lipinski definition) is 3. The van der Waals surface area contributed by atoms with Crippen LogP contribution in [0.3, 0.4) is 0 Å². The molecule has 0 saturated carbocycles. The van der Waals surface area contributed by atoms with E-state index in [2.05, 4.69) is 34.5 Å². The van der Waals surface area contributed by atoms with Gasteiger partial charge in [0.15, 0.2) is 0 Å². The van der Waals surface area contributed by atoms with Crippen molar-refractivity contribution in [1.82, 2.24) is 14.5 Å². The van der Waals surface area contributed by atoms with Gasteiger partial charge in [-0.2, -0.15) is 0 Å². The van der Waals surface area contributed by atoms with Crippen LogP contribution in [0.5, 0.6) is 0 Å². The number of rotatable bonds is 5. The Morgan fingerprint density at radius 2 is 2.11 bits per heavy atom. The lowest BCUT2D eigenvalue weighted by Crippen LogP contribution is -2.34. The van der Waals surface area contributed by atoms with E-state index in [4.69, 9.17) is 5.73 Å². The minimum Gasteiger partial charge on any atom is -0.336 e. The Morgan fingerprint density at radius 1 is 1.39 bits per heavy atom. The molecule has 1 fully saturated rings. The molecule has 4 nitrogen and oxygen atoms in total. The first kappa shape index (κ1) is 13.6. The van der Waals surface area contributed by atoms with Gasteiger partial charge in [0.1, 0.15) is 0 Å². The number of nitrogens with two attached hydrogens (primary N) is 1. The molecule has 1 saturated heterocycles. The third-order valence-electron chi connectivity index (χ3n) is 4.03. The van der Waals surface area contributed by atoms with E-state index in [1.165, 1.54) is 31.6 Å². The molecule has 2 rings (SSSR count). The normalized spacial score (nSPS) is 18.7. The van der Waals surface area contributed by atoms with Gasteiger partial charge in [-0.1, -0.05) is 13.8 Å². The molecule has 0 aromatic carbocycles. The van der Waals surface area contributed by atoms with Crippen LogP contribution >= 0.6 is 0 Å². The lowest BCUT2D eigenvalue weighted by atomic mass is 9.87. The summed E-state index contributed by atoms with van der Waals surface area (Å²) in [6, 6.07) is 0. The second kappa shape index (κ2) is 6.34. The molecule has 0 spiro atoms. The highest BCUT2D eigenvalue weighted by Crippen LogP contribution is 2.24. The van der Waals surface area contributed by atoms with Crippen molar-refractivity contribution in [3.8, 4) is 0 Å². The topological polar surface area (TPSA) is 47.1 Å². The molecule has 4 heteroatoms. The van der Waals surface area contributed by atoms with Gasteiger partial charge >= 0.3 is 0 Å². The molecule has 0 bridgehead atoms. The molecular formula is C14H26N4. The summed E-state index contributed by atoms with van der Waals surface area (Å²) in [5.41, 5.74) is 6.71. The molecule has 2 N–H and O–H groups in total. The van der Waals surface area contributed by atoms with E-state index in [0.29, 0.717) is 6.54 Å². The zero-order valence-corrected chi connectivity index (χ0v) is 11.7. The Kier molecular flexibility index (Phi) is 4.78. The largest absolute Gasteiger partial charge is 0.336 e. The average Bonchev–Trinajstić information content (AvgIpc) is 2.78. The Morgan fingerprint density at radius 3 is 2.72 bits per heavy atom. The number of likely N-dealkylation sites (tertiary alicyclic amines) is 1. The predicted molar refractivity (Wildman–Crippen MR) is 74.1 cm³/mol. The van der Waals surface area contributed by atoms with Crippen molar-refractivity contribution in [2.24, 2.45) is 17.6 Å². The summed E-state index contributed by atoms with van der Waals surface area (Å²) in [5, 5.41) is 0. The minimum absolute atomic E-state index is 0.676. The van der Waals surface area contributed by atoms with Crippen LogP contribution in [0.1, 0.15) is 32.4 Å². The lowest BCUT2D eigenvalue weighted by molar-refractivity contribution is 0.151. The fourth-order valence-electron chi connectivity index (χ4n) is 2.77. The highest BCUT2D eigenvalue weighted by molar-refractivity contribution is 4.97. The Labute approximate surface area is 110 Å². The number of imidazole rings is 1. The summed E-state index contributed by atoms with van der Waals surface area (Å²) >= 11 is 0. The molecule has 1 aromatic heterocycles.